The number of aryl methyl sites for hydroxylation is 2. The molecular formula is C13H16S. The average Bonchev–Trinajstić information content (AvgIpc) is 2.42. The Morgan fingerprint density at radius 1 is 1.14 bits per heavy atom. The number of hydrogen-bond acceptors (Lipinski definition) is 1. The zero-order valence-corrected chi connectivity index (χ0v) is 10.0. The van der Waals surface area contributed by atoms with Crippen molar-refractivity contribution in [3.05, 3.63) is 34.2 Å². The average molecular weight is 204 g/mol. The third-order valence-corrected chi connectivity index (χ3v) is 4.04. The molecule has 1 heteroatoms. The molecule has 0 nitrogen and oxygen atoms in total. The Bertz CT molecular complexity index is 463. The van der Waals surface area contributed by atoms with Crippen LogP contribution in [0.1, 0.15) is 35.8 Å². The highest BCUT2D eigenvalue weighted by molar-refractivity contribution is 7.19. The van der Waals surface area contributed by atoms with E-state index < -0.39 is 0 Å². The summed E-state index contributed by atoms with van der Waals surface area (Å²) in [5.41, 5.74) is 2.89. The summed E-state index contributed by atoms with van der Waals surface area (Å²) in [6.07, 6.45) is 0. The van der Waals surface area contributed by atoms with Crippen LogP contribution in [0.3, 0.4) is 0 Å². The number of benzene rings is 1. The normalized spacial score (nSPS) is 11.5. The van der Waals surface area contributed by atoms with Crippen molar-refractivity contribution in [2.75, 3.05) is 0 Å². The first-order valence-electron chi connectivity index (χ1n) is 5.09. The Balaban J connectivity index is 2.67. The van der Waals surface area contributed by atoms with Crippen LogP contribution in [-0.4, -0.2) is 0 Å². The highest BCUT2D eigenvalue weighted by Gasteiger charge is 2.06. The molecule has 0 atom stereocenters. The standard InChI is InChI=1S/C13H16S/c1-8(2)11-5-6-12-9(3)10(4)14-13(12)7-11/h5-8H,1-4H3. The van der Waals surface area contributed by atoms with Crippen molar-refractivity contribution in [1.82, 2.24) is 0 Å². The van der Waals surface area contributed by atoms with E-state index in [9.17, 15) is 0 Å². The summed E-state index contributed by atoms with van der Waals surface area (Å²) in [4.78, 5) is 1.45. The van der Waals surface area contributed by atoms with Gasteiger partial charge < -0.3 is 0 Å². The summed E-state index contributed by atoms with van der Waals surface area (Å²) < 4.78 is 1.44. The van der Waals surface area contributed by atoms with Gasteiger partial charge >= 0.3 is 0 Å². The summed E-state index contributed by atoms with van der Waals surface area (Å²) in [5.74, 6) is 0.627. The summed E-state index contributed by atoms with van der Waals surface area (Å²) >= 11 is 1.91. The Labute approximate surface area is 89.6 Å². The van der Waals surface area contributed by atoms with Gasteiger partial charge in [-0.25, -0.2) is 0 Å². The third kappa shape index (κ3) is 1.46. The maximum atomic E-state index is 2.34. The smallest absolute Gasteiger partial charge is 0.0351 e. The molecule has 0 aliphatic heterocycles. The van der Waals surface area contributed by atoms with Gasteiger partial charge in [0.15, 0.2) is 0 Å². The Morgan fingerprint density at radius 2 is 1.86 bits per heavy atom. The monoisotopic (exact) mass is 204 g/mol. The summed E-state index contributed by atoms with van der Waals surface area (Å²) in [5, 5.41) is 1.43. The highest BCUT2D eigenvalue weighted by Crippen LogP contribution is 2.32. The molecule has 74 valence electrons. The fraction of sp³-hybridized carbons (Fsp3) is 0.385. The van der Waals surface area contributed by atoms with E-state index in [4.69, 9.17) is 0 Å². The van der Waals surface area contributed by atoms with Crippen molar-refractivity contribution < 1.29 is 0 Å². The zero-order chi connectivity index (χ0) is 10.3. The van der Waals surface area contributed by atoms with E-state index in [-0.39, 0.29) is 0 Å². The predicted molar refractivity (Wildman–Crippen MR) is 65.4 cm³/mol. The van der Waals surface area contributed by atoms with Gasteiger partial charge in [-0.05, 0) is 42.3 Å². The van der Waals surface area contributed by atoms with Gasteiger partial charge in [0.25, 0.3) is 0 Å². The van der Waals surface area contributed by atoms with E-state index in [1.165, 1.54) is 26.1 Å². The molecule has 0 aliphatic carbocycles. The van der Waals surface area contributed by atoms with E-state index in [0.717, 1.165) is 0 Å². The van der Waals surface area contributed by atoms with Gasteiger partial charge in [-0.15, -0.1) is 11.3 Å². The molecule has 14 heavy (non-hydrogen) atoms. The summed E-state index contributed by atoms with van der Waals surface area (Å²) in [6, 6.07) is 6.86. The minimum atomic E-state index is 0.627. The van der Waals surface area contributed by atoms with Crippen LogP contribution in [0, 0.1) is 13.8 Å². The summed E-state index contributed by atoms with van der Waals surface area (Å²) in [7, 11) is 0. The van der Waals surface area contributed by atoms with Crippen LogP contribution in [0.5, 0.6) is 0 Å². The summed E-state index contributed by atoms with van der Waals surface area (Å²) in [6.45, 7) is 8.90. The quantitative estimate of drug-likeness (QED) is 0.634. The topological polar surface area (TPSA) is 0 Å². The lowest BCUT2D eigenvalue weighted by Crippen LogP contribution is -1.85. The maximum Gasteiger partial charge on any atom is 0.0351 e. The largest absolute Gasteiger partial charge is 0.140 e. The Morgan fingerprint density at radius 3 is 2.50 bits per heavy atom. The van der Waals surface area contributed by atoms with Gasteiger partial charge in [-0.3, -0.25) is 0 Å². The van der Waals surface area contributed by atoms with Crippen LogP contribution in [-0.2, 0) is 0 Å². The fourth-order valence-electron chi connectivity index (χ4n) is 1.72. The van der Waals surface area contributed by atoms with Crippen LogP contribution in [0.2, 0.25) is 0 Å². The van der Waals surface area contributed by atoms with Crippen molar-refractivity contribution >= 4 is 21.4 Å². The molecule has 0 spiro atoms. The number of thiophene rings is 1. The minimum absolute atomic E-state index is 0.627. The van der Waals surface area contributed by atoms with Crippen molar-refractivity contribution in [2.45, 2.75) is 33.6 Å². The van der Waals surface area contributed by atoms with Crippen LogP contribution in [0.15, 0.2) is 18.2 Å². The lowest BCUT2D eigenvalue weighted by Gasteiger charge is -2.04. The Kier molecular flexibility index (Phi) is 2.36. The van der Waals surface area contributed by atoms with Crippen molar-refractivity contribution in [2.24, 2.45) is 0 Å². The van der Waals surface area contributed by atoms with Gasteiger partial charge in [0.1, 0.15) is 0 Å². The van der Waals surface area contributed by atoms with Gasteiger partial charge in [0.2, 0.25) is 0 Å². The molecule has 1 heterocycles. The maximum absolute atomic E-state index is 2.34. The third-order valence-electron chi connectivity index (χ3n) is 2.87. The van der Waals surface area contributed by atoms with Crippen LogP contribution < -0.4 is 0 Å². The van der Waals surface area contributed by atoms with E-state index in [2.05, 4.69) is 45.9 Å². The lowest BCUT2D eigenvalue weighted by molar-refractivity contribution is 0.869. The van der Waals surface area contributed by atoms with E-state index in [1.54, 1.807) is 0 Å². The number of fused-ring (bicyclic) bond motifs is 1. The van der Waals surface area contributed by atoms with Crippen LogP contribution in [0.25, 0.3) is 10.1 Å². The van der Waals surface area contributed by atoms with E-state index in [1.807, 2.05) is 11.3 Å². The van der Waals surface area contributed by atoms with Crippen molar-refractivity contribution in [3.63, 3.8) is 0 Å². The zero-order valence-electron chi connectivity index (χ0n) is 9.22. The number of hydrogen-bond donors (Lipinski definition) is 0. The Hall–Kier alpha value is -0.820. The molecule has 0 N–H and O–H groups in total. The molecule has 0 fully saturated rings. The molecular weight excluding hydrogens is 188 g/mol. The van der Waals surface area contributed by atoms with Crippen LogP contribution >= 0.6 is 11.3 Å². The molecule has 2 rings (SSSR count). The van der Waals surface area contributed by atoms with Gasteiger partial charge in [-0.2, -0.15) is 0 Å². The van der Waals surface area contributed by atoms with Crippen molar-refractivity contribution in [3.8, 4) is 0 Å². The number of rotatable bonds is 1. The van der Waals surface area contributed by atoms with E-state index >= 15 is 0 Å². The molecule has 0 radical (unpaired) electrons. The molecule has 0 saturated carbocycles. The predicted octanol–water partition coefficient (Wildman–Crippen LogP) is 4.64. The second-order valence-corrected chi connectivity index (χ2v) is 5.45. The lowest BCUT2D eigenvalue weighted by atomic mass is 10.0. The molecule has 0 unspecified atom stereocenters. The first kappa shape index (κ1) is 9.72. The first-order valence-corrected chi connectivity index (χ1v) is 5.91. The SMILES string of the molecule is Cc1sc2cc(C(C)C)ccc2c1C. The molecule has 0 bridgehead atoms. The first-order chi connectivity index (χ1) is 6.59. The van der Waals surface area contributed by atoms with Crippen LogP contribution in [0.4, 0.5) is 0 Å². The molecule has 0 aliphatic rings. The molecule has 1 aromatic heterocycles. The second kappa shape index (κ2) is 3.39. The minimum Gasteiger partial charge on any atom is -0.140 e. The molecule has 0 saturated heterocycles. The molecule has 2 aromatic rings. The van der Waals surface area contributed by atoms with Gasteiger partial charge in [-0.1, -0.05) is 26.0 Å². The second-order valence-electron chi connectivity index (χ2n) is 4.19. The molecule has 1 aromatic carbocycles. The van der Waals surface area contributed by atoms with E-state index in [0.29, 0.717) is 5.92 Å². The van der Waals surface area contributed by atoms with Gasteiger partial charge in [0.05, 0.1) is 0 Å². The molecule has 0 amide bonds. The fourth-order valence-corrected chi connectivity index (χ4v) is 2.84. The van der Waals surface area contributed by atoms with Crippen molar-refractivity contribution in [1.29, 1.82) is 0 Å². The highest BCUT2D eigenvalue weighted by atomic mass is 32.1. The van der Waals surface area contributed by atoms with Gasteiger partial charge in [0, 0.05) is 9.58 Å².